The Morgan fingerprint density at radius 3 is 2.20 bits per heavy atom. The first-order valence-corrected chi connectivity index (χ1v) is 9.19. The highest BCUT2D eigenvalue weighted by Gasteiger charge is 2.06. The van der Waals surface area contributed by atoms with E-state index < -0.39 is 5.97 Å². The lowest BCUT2D eigenvalue weighted by molar-refractivity contribution is 0.0697. The van der Waals surface area contributed by atoms with Crippen LogP contribution in [0.15, 0.2) is 42.5 Å². The lowest BCUT2D eigenvalue weighted by Crippen LogP contribution is -1.99. The van der Waals surface area contributed by atoms with Gasteiger partial charge in [-0.25, -0.2) is 4.79 Å². The molecule has 2 aromatic carbocycles. The largest absolute Gasteiger partial charge is 0.493 e. The van der Waals surface area contributed by atoms with Crippen LogP contribution in [-0.4, -0.2) is 17.7 Å². The van der Waals surface area contributed by atoms with Crippen molar-refractivity contribution >= 4 is 5.97 Å². The van der Waals surface area contributed by atoms with Crippen molar-refractivity contribution < 1.29 is 14.6 Å². The van der Waals surface area contributed by atoms with Crippen molar-refractivity contribution in [3.63, 3.8) is 0 Å². The number of aromatic carboxylic acids is 1. The Morgan fingerprint density at radius 2 is 1.56 bits per heavy atom. The number of aryl methyl sites for hydroxylation is 1. The quantitative estimate of drug-likeness (QED) is 0.532. The number of ether oxygens (including phenoxy) is 1. The van der Waals surface area contributed by atoms with Gasteiger partial charge in [0.1, 0.15) is 5.75 Å². The van der Waals surface area contributed by atoms with Crippen LogP contribution >= 0.6 is 0 Å². The average molecular weight is 340 g/mol. The highest BCUT2D eigenvalue weighted by molar-refractivity contribution is 5.88. The van der Waals surface area contributed by atoms with Gasteiger partial charge in [0.25, 0.3) is 0 Å². The number of hydrogen-bond acceptors (Lipinski definition) is 2. The van der Waals surface area contributed by atoms with E-state index in [1.54, 1.807) is 12.1 Å². The SMILES string of the molecule is CCCCCCCCOc1ccc(-c2ccc(C(=O)O)cc2)cc1C. The number of carbonyl (C=O) groups is 1. The van der Waals surface area contributed by atoms with Gasteiger partial charge in [-0.3, -0.25) is 0 Å². The van der Waals surface area contributed by atoms with Gasteiger partial charge in [0.05, 0.1) is 12.2 Å². The molecule has 0 bridgehead atoms. The fraction of sp³-hybridized carbons (Fsp3) is 0.409. The lowest BCUT2D eigenvalue weighted by atomic mass is 10.0. The van der Waals surface area contributed by atoms with E-state index in [2.05, 4.69) is 13.0 Å². The lowest BCUT2D eigenvalue weighted by Gasteiger charge is -2.11. The van der Waals surface area contributed by atoms with Crippen molar-refractivity contribution in [2.45, 2.75) is 52.4 Å². The van der Waals surface area contributed by atoms with Crippen molar-refractivity contribution in [1.29, 1.82) is 0 Å². The minimum absolute atomic E-state index is 0.305. The molecule has 0 aliphatic carbocycles. The summed E-state index contributed by atoms with van der Waals surface area (Å²) in [5, 5.41) is 8.97. The van der Waals surface area contributed by atoms with Crippen LogP contribution in [0.25, 0.3) is 11.1 Å². The van der Waals surface area contributed by atoms with E-state index in [0.717, 1.165) is 35.5 Å². The summed E-state index contributed by atoms with van der Waals surface area (Å²) >= 11 is 0. The molecule has 0 aliphatic heterocycles. The summed E-state index contributed by atoms with van der Waals surface area (Å²) in [4.78, 5) is 10.9. The molecule has 0 atom stereocenters. The molecular formula is C22H28O3. The molecule has 2 rings (SSSR count). The monoisotopic (exact) mass is 340 g/mol. The van der Waals surface area contributed by atoms with E-state index in [0.29, 0.717) is 5.56 Å². The van der Waals surface area contributed by atoms with Gasteiger partial charge in [-0.05, 0) is 54.3 Å². The molecule has 0 amide bonds. The fourth-order valence-corrected chi connectivity index (χ4v) is 2.86. The third-order valence-corrected chi connectivity index (χ3v) is 4.40. The van der Waals surface area contributed by atoms with E-state index in [-0.39, 0.29) is 0 Å². The Labute approximate surface area is 150 Å². The van der Waals surface area contributed by atoms with Crippen LogP contribution in [0.5, 0.6) is 5.75 Å². The number of hydrogen-bond donors (Lipinski definition) is 1. The summed E-state index contributed by atoms with van der Waals surface area (Å²) < 4.78 is 5.91. The maximum absolute atomic E-state index is 10.9. The molecule has 0 spiro atoms. The van der Waals surface area contributed by atoms with Crippen LogP contribution in [-0.2, 0) is 0 Å². The van der Waals surface area contributed by atoms with Gasteiger partial charge in [0.2, 0.25) is 0 Å². The normalized spacial score (nSPS) is 10.6. The van der Waals surface area contributed by atoms with E-state index >= 15 is 0 Å². The zero-order valence-corrected chi connectivity index (χ0v) is 15.3. The number of carboxylic acids is 1. The topological polar surface area (TPSA) is 46.5 Å². The molecule has 3 nitrogen and oxygen atoms in total. The number of benzene rings is 2. The van der Waals surface area contributed by atoms with Gasteiger partial charge in [0.15, 0.2) is 0 Å². The third-order valence-electron chi connectivity index (χ3n) is 4.40. The highest BCUT2D eigenvalue weighted by atomic mass is 16.5. The molecule has 0 aliphatic rings. The molecule has 0 unspecified atom stereocenters. The van der Waals surface area contributed by atoms with E-state index in [1.165, 1.54) is 32.1 Å². The van der Waals surface area contributed by atoms with Crippen LogP contribution < -0.4 is 4.74 Å². The molecule has 3 heteroatoms. The Hall–Kier alpha value is -2.29. The number of carboxylic acid groups (broad SMARTS) is 1. The summed E-state index contributed by atoms with van der Waals surface area (Å²) in [5.41, 5.74) is 3.49. The van der Waals surface area contributed by atoms with Crippen LogP contribution in [0.4, 0.5) is 0 Å². The minimum Gasteiger partial charge on any atom is -0.493 e. The fourth-order valence-electron chi connectivity index (χ4n) is 2.86. The van der Waals surface area contributed by atoms with Gasteiger partial charge in [-0.15, -0.1) is 0 Å². The van der Waals surface area contributed by atoms with E-state index in [1.807, 2.05) is 31.2 Å². The Bertz CT molecular complexity index is 674. The van der Waals surface area contributed by atoms with Gasteiger partial charge in [0, 0.05) is 0 Å². The molecule has 0 saturated heterocycles. The summed E-state index contributed by atoms with van der Waals surface area (Å²) in [6, 6.07) is 13.1. The molecule has 0 heterocycles. The molecule has 0 radical (unpaired) electrons. The molecular weight excluding hydrogens is 312 g/mol. The predicted octanol–water partition coefficient (Wildman–Crippen LogP) is 6.10. The van der Waals surface area contributed by atoms with Crippen molar-refractivity contribution in [3.05, 3.63) is 53.6 Å². The van der Waals surface area contributed by atoms with Crippen molar-refractivity contribution in [1.82, 2.24) is 0 Å². The van der Waals surface area contributed by atoms with Crippen molar-refractivity contribution in [2.24, 2.45) is 0 Å². The third kappa shape index (κ3) is 5.93. The van der Waals surface area contributed by atoms with Gasteiger partial charge < -0.3 is 9.84 Å². The standard InChI is InChI=1S/C22H28O3/c1-3-4-5-6-7-8-15-25-21-14-13-20(16-17(21)2)18-9-11-19(12-10-18)22(23)24/h9-14,16H,3-8,15H2,1-2H3,(H,23,24). The Kier molecular flexibility index (Phi) is 7.52. The maximum atomic E-state index is 10.9. The average Bonchev–Trinajstić information content (AvgIpc) is 2.62. The summed E-state index contributed by atoms with van der Waals surface area (Å²) in [6.45, 7) is 5.04. The summed E-state index contributed by atoms with van der Waals surface area (Å²) in [6.07, 6.45) is 7.55. The molecule has 1 N–H and O–H groups in total. The van der Waals surface area contributed by atoms with Crippen LogP contribution in [0.1, 0.15) is 61.4 Å². The predicted molar refractivity (Wildman–Crippen MR) is 102 cm³/mol. The molecule has 0 fully saturated rings. The van der Waals surface area contributed by atoms with Gasteiger partial charge in [-0.1, -0.05) is 57.2 Å². The van der Waals surface area contributed by atoms with Gasteiger partial charge >= 0.3 is 5.97 Å². The summed E-state index contributed by atoms with van der Waals surface area (Å²) in [5.74, 6) is 0.0284. The van der Waals surface area contributed by atoms with Crippen LogP contribution in [0.2, 0.25) is 0 Å². The number of rotatable bonds is 10. The molecule has 2 aromatic rings. The van der Waals surface area contributed by atoms with E-state index in [4.69, 9.17) is 9.84 Å². The second-order valence-electron chi connectivity index (χ2n) is 6.48. The van der Waals surface area contributed by atoms with Crippen molar-refractivity contribution in [2.75, 3.05) is 6.61 Å². The van der Waals surface area contributed by atoms with E-state index in [9.17, 15) is 4.79 Å². The van der Waals surface area contributed by atoms with Crippen LogP contribution in [0.3, 0.4) is 0 Å². The highest BCUT2D eigenvalue weighted by Crippen LogP contribution is 2.26. The molecule has 0 saturated carbocycles. The second-order valence-corrected chi connectivity index (χ2v) is 6.48. The summed E-state index contributed by atoms with van der Waals surface area (Å²) in [7, 11) is 0. The first-order chi connectivity index (χ1) is 12.1. The first kappa shape index (κ1) is 19.0. The molecule has 25 heavy (non-hydrogen) atoms. The smallest absolute Gasteiger partial charge is 0.335 e. The Balaban J connectivity index is 1.88. The number of unbranched alkanes of at least 4 members (excludes halogenated alkanes) is 5. The Morgan fingerprint density at radius 1 is 0.920 bits per heavy atom. The van der Waals surface area contributed by atoms with Crippen molar-refractivity contribution in [3.8, 4) is 16.9 Å². The maximum Gasteiger partial charge on any atom is 0.335 e. The zero-order valence-electron chi connectivity index (χ0n) is 15.3. The first-order valence-electron chi connectivity index (χ1n) is 9.19. The zero-order chi connectivity index (χ0) is 18.1. The van der Waals surface area contributed by atoms with Crippen LogP contribution in [0, 0.1) is 6.92 Å². The minimum atomic E-state index is -0.902. The van der Waals surface area contributed by atoms with Gasteiger partial charge in [-0.2, -0.15) is 0 Å². The second kappa shape index (κ2) is 9.87. The molecule has 134 valence electrons. The molecule has 0 aromatic heterocycles.